The smallest absolute Gasteiger partial charge is 0.332 e. The molecule has 0 spiro atoms. The van der Waals surface area contributed by atoms with Gasteiger partial charge in [0.1, 0.15) is 11.6 Å². The number of ether oxygens (including phenoxy) is 1. The molecule has 0 aliphatic carbocycles. The summed E-state index contributed by atoms with van der Waals surface area (Å²) in [5, 5.41) is 0. The molecule has 0 aliphatic heterocycles. The van der Waals surface area contributed by atoms with Crippen molar-refractivity contribution in [2.24, 2.45) is 0 Å². The van der Waals surface area contributed by atoms with Gasteiger partial charge in [-0.15, -0.1) is 0 Å². The number of allylic oxidation sites excluding steroid dienone is 1. The summed E-state index contributed by atoms with van der Waals surface area (Å²) >= 11 is 0. The number of hydrogen-bond acceptors (Lipinski definition) is 3. The minimum absolute atomic E-state index is 0.351. The molecule has 0 amide bonds. The first kappa shape index (κ1) is 18.5. The first-order valence-electron chi connectivity index (χ1n) is 8.34. The molecule has 2 aromatic carbocycles. The van der Waals surface area contributed by atoms with Crippen molar-refractivity contribution in [1.82, 2.24) is 4.98 Å². The second kappa shape index (κ2) is 8.36. The van der Waals surface area contributed by atoms with E-state index in [9.17, 15) is 13.6 Å². The first-order valence-corrected chi connectivity index (χ1v) is 8.34. The minimum atomic E-state index is -0.841. The predicted octanol–water partition coefficient (Wildman–Crippen LogP) is 5.10. The molecule has 3 nitrogen and oxygen atoms in total. The highest BCUT2D eigenvalue weighted by Crippen LogP contribution is 2.26. The summed E-state index contributed by atoms with van der Waals surface area (Å²) in [4.78, 5) is 16.7. The average molecular weight is 365 g/mol. The van der Waals surface area contributed by atoms with Crippen LogP contribution in [0.4, 0.5) is 8.78 Å². The van der Waals surface area contributed by atoms with Gasteiger partial charge in [0, 0.05) is 17.8 Å². The molecule has 5 heteroatoms. The molecule has 3 aromatic rings. The molecular formula is C22H17F2NO2. The molecule has 0 saturated heterocycles. The Hall–Kier alpha value is -3.34. The zero-order chi connectivity index (χ0) is 19.2. The van der Waals surface area contributed by atoms with Gasteiger partial charge in [-0.2, -0.15) is 0 Å². The maximum Gasteiger partial charge on any atom is 0.332 e. The number of hydrogen-bond donors (Lipinski definition) is 0. The number of pyridine rings is 1. The molecule has 1 atom stereocenters. The average Bonchev–Trinajstić information content (AvgIpc) is 2.67. The monoisotopic (exact) mass is 365 g/mol. The quantitative estimate of drug-likeness (QED) is 0.467. The van der Waals surface area contributed by atoms with Crippen LogP contribution < -0.4 is 0 Å². The Morgan fingerprint density at radius 1 is 1.00 bits per heavy atom. The largest absolute Gasteiger partial charge is 0.448 e. The van der Waals surface area contributed by atoms with Crippen molar-refractivity contribution in [3.8, 4) is 0 Å². The SMILES string of the molecule is C/C(=C/C(=O)OC(c1cccc(F)c1)c1ccccn1)c1ccc(F)cc1. The van der Waals surface area contributed by atoms with Crippen LogP contribution in [0.1, 0.15) is 29.8 Å². The number of halogens is 2. The number of nitrogens with zero attached hydrogens (tertiary/aromatic N) is 1. The van der Waals surface area contributed by atoms with E-state index in [-0.39, 0.29) is 5.82 Å². The minimum Gasteiger partial charge on any atom is -0.448 e. The van der Waals surface area contributed by atoms with Crippen LogP contribution >= 0.6 is 0 Å². The number of benzene rings is 2. The Balaban J connectivity index is 1.86. The van der Waals surface area contributed by atoms with E-state index in [4.69, 9.17) is 4.74 Å². The number of aromatic nitrogens is 1. The fraction of sp³-hybridized carbons (Fsp3) is 0.0909. The predicted molar refractivity (Wildman–Crippen MR) is 98.6 cm³/mol. The zero-order valence-electron chi connectivity index (χ0n) is 14.6. The first-order chi connectivity index (χ1) is 13.0. The fourth-order valence-corrected chi connectivity index (χ4v) is 2.62. The van der Waals surface area contributed by atoms with Crippen LogP contribution in [0.15, 0.2) is 79.0 Å². The van der Waals surface area contributed by atoms with E-state index in [0.717, 1.165) is 0 Å². The van der Waals surface area contributed by atoms with Gasteiger partial charge in [0.05, 0.1) is 5.69 Å². The lowest BCUT2D eigenvalue weighted by Gasteiger charge is -2.17. The molecule has 0 bridgehead atoms. The van der Waals surface area contributed by atoms with Crippen LogP contribution in [-0.2, 0) is 9.53 Å². The normalized spacial score (nSPS) is 12.5. The van der Waals surface area contributed by atoms with Crippen LogP contribution in [0.5, 0.6) is 0 Å². The lowest BCUT2D eigenvalue weighted by Crippen LogP contribution is -2.12. The standard InChI is InChI=1S/C22H17F2NO2/c1-15(16-8-10-18(23)11-9-16)13-21(26)27-22(20-7-2-3-12-25-20)17-5-4-6-19(24)14-17/h2-14,22H,1H3/b15-13-. The third-order valence-electron chi connectivity index (χ3n) is 3.98. The molecule has 27 heavy (non-hydrogen) atoms. The van der Waals surface area contributed by atoms with Crippen molar-refractivity contribution >= 4 is 11.5 Å². The van der Waals surface area contributed by atoms with Gasteiger partial charge in [-0.25, -0.2) is 13.6 Å². The van der Waals surface area contributed by atoms with Crippen molar-refractivity contribution in [3.05, 3.63) is 107 Å². The van der Waals surface area contributed by atoms with E-state index in [1.165, 1.54) is 30.3 Å². The van der Waals surface area contributed by atoms with Gasteiger partial charge >= 0.3 is 5.97 Å². The van der Waals surface area contributed by atoms with Crippen LogP contribution in [-0.4, -0.2) is 11.0 Å². The highest BCUT2D eigenvalue weighted by molar-refractivity contribution is 5.91. The summed E-state index contributed by atoms with van der Waals surface area (Å²) in [6.45, 7) is 1.73. The van der Waals surface area contributed by atoms with Gasteiger partial charge in [-0.05, 0) is 54.5 Å². The van der Waals surface area contributed by atoms with Gasteiger partial charge in [0.25, 0.3) is 0 Å². The van der Waals surface area contributed by atoms with E-state index in [1.807, 2.05) is 0 Å². The van der Waals surface area contributed by atoms with Crippen LogP contribution in [0.3, 0.4) is 0 Å². The van der Waals surface area contributed by atoms with Gasteiger partial charge < -0.3 is 4.74 Å². The van der Waals surface area contributed by atoms with Crippen molar-refractivity contribution in [2.45, 2.75) is 13.0 Å². The van der Waals surface area contributed by atoms with Crippen molar-refractivity contribution in [3.63, 3.8) is 0 Å². The number of carbonyl (C=O) groups excluding carboxylic acids is 1. The van der Waals surface area contributed by atoms with E-state index in [2.05, 4.69) is 4.98 Å². The lowest BCUT2D eigenvalue weighted by molar-refractivity contribution is -0.141. The Bertz CT molecular complexity index is 954. The van der Waals surface area contributed by atoms with E-state index < -0.39 is 17.9 Å². The van der Waals surface area contributed by atoms with Crippen molar-refractivity contribution in [2.75, 3.05) is 0 Å². The number of esters is 1. The van der Waals surface area contributed by atoms with Gasteiger partial charge in [-0.1, -0.05) is 30.3 Å². The molecule has 1 unspecified atom stereocenters. The van der Waals surface area contributed by atoms with E-state index in [1.54, 1.807) is 55.6 Å². The third-order valence-corrected chi connectivity index (χ3v) is 3.98. The molecule has 3 rings (SSSR count). The second-order valence-corrected chi connectivity index (χ2v) is 5.96. The third kappa shape index (κ3) is 4.85. The number of rotatable bonds is 5. The second-order valence-electron chi connectivity index (χ2n) is 5.96. The molecular weight excluding hydrogens is 348 g/mol. The summed E-state index contributed by atoms with van der Waals surface area (Å²) in [6.07, 6.45) is 2.06. The Morgan fingerprint density at radius 2 is 1.78 bits per heavy atom. The maximum atomic E-state index is 13.6. The van der Waals surface area contributed by atoms with Gasteiger partial charge in [0.15, 0.2) is 6.10 Å². The summed E-state index contributed by atoms with van der Waals surface area (Å²) in [5.74, 6) is -1.38. The molecule has 1 aromatic heterocycles. The topological polar surface area (TPSA) is 39.2 Å². The van der Waals surface area contributed by atoms with Crippen LogP contribution in [0.2, 0.25) is 0 Å². The molecule has 1 heterocycles. The summed E-state index contributed by atoms with van der Waals surface area (Å²) in [5.41, 5.74) is 2.30. The maximum absolute atomic E-state index is 13.6. The molecule has 0 fully saturated rings. The Morgan fingerprint density at radius 3 is 2.44 bits per heavy atom. The van der Waals surface area contributed by atoms with Crippen LogP contribution in [0.25, 0.3) is 5.57 Å². The van der Waals surface area contributed by atoms with E-state index >= 15 is 0 Å². The zero-order valence-corrected chi connectivity index (χ0v) is 14.6. The molecule has 0 radical (unpaired) electrons. The Labute approximate surface area is 156 Å². The molecule has 0 N–H and O–H groups in total. The van der Waals surface area contributed by atoms with Crippen molar-refractivity contribution < 1.29 is 18.3 Å². The molecule has 136 valence electrons. The summed E-state index contributed by atoms with van der Waals surface area (Å²) < 4.78 is 32.3. The Kier molecular flexibility index (Phi) is 5.71. The molecule has 0 saturated carbocycles. The van der Waals surface area contributed by atoms with E-state index in [0.29, 0.717) is 22.4 Å². The fourth-order valence-electron chi connectivity index (χ4n) is 2.62. The highest BCUT2D eigenvalue weighted by Gasteiger charge is 2.20. The lowest BCUT2D eigenvalue weighted by atomic mass is 10.1. The highest BCUT2D eigenvalue weighted by atomic mass is 19.1. The number of carbonyl (C=O) groups is 1. The summed E-state index contributed by atoms with van der Waals surface area (Å²) in [7, 11) is 0. The molecule has 0 aliphatic rings. The van der Waals surface area contributed by atoms with Gasteiger partial charge in [0.2, 0.25) is 0 Å². The van der Waals surface area contributed by atoms with Crippen LogP contribution in [0, 0.1) is 11.6 Å². The summed E-state index contributed by atoms with van der Waals surface area (Å²) in [6, 6.07) is 16.9. The van der Waals surface area contributed by atoms with Gasteiger partial charge in [-0.3, -0.25) is 4.98 Å². The van der Waals surface area contributed by atoms with Crippen molar-refractivity contribution in [1.29, 1.82) is 0 Å².